The summed E-state index contributed by atoms with van der Waals surface area (Å²) < 4.78 is 7.67. The summed E-state index contributed by atoms with van der Waals surface area (Å²) in [5.74, 6) is 1.57. The molecule has 7 heteroatoms. The molecule has 0 aliphatic rings. The van der Waals surface area contributed by atoms with Gasteiger partial charge < -0.3 is 9.64 Å². The quantitative estimate of drug-likeness (QED) is 0.395. The molecule has 32 heavy (non-hydrogen) atoms. The first-order chi connectivity index (χ1) is 15.7. The smallest absolute Gasteiger partial charge is 0.177 e. The molecule has 0 N–H and O–H groups in total. The highest BCUT2D eigenvalue weighted by Crippen LogP contribution is 2.22. The molecule has 0 atom stereocenters. The molecule has 5 rings (SSSR count). The average Bonchev–Trinajstić information content (AvgIpc) is 3.21. The average molecular weight is 425 g/mol. The third-order valence-corrected chi connectivity index (χ3v) is 5.29. The zero-order chi connectivity index (χ0) is 21.9. The molecule has 0 fully saturated rings. The van der Waals surface area contributed by atoms with E-state index in [4.69, 9.17) is 9.84 Å². The third-order valence-electron chi connectivity index (χ3n) is 5.29. The Morgan fingerprint density at radius 1 is 0.938 bits per heavy atom. The van der Waals surface area contributed by atoms with Crippen molar-refractivity contribution in [1.82, 2.24) is 29.7 Å². The van der Waals surface area contributed by atoms with Gasteiger partial charge in [0.1, 0.15) is 12.4 Å². The summed E-state index contributed by atoms with van der Waals surface area (Å²) in [5.41, 5.74) is 4.74. The standard InChI is InChI=1S/C25H24N6O/c1-30(2)12-13-32-21-16-20-14-18(8-9-22(20)26-17-21)15-25-28-27-24-11-10-23(29-31(24)25)19-6-4-3-5-7-19/h3-11,14,16-17H,12-13,15H2,1-2H3. The summed E-state index contributed by atoms with van der Waals surface area (Å²) in [7, 11) is 4.06. The predicted octanol–water partition coefficient (Wildman–Crippen LogP) is 3.87. The summed E-state index contributed by atoms with van der Waals surface area (Å²) in [6.45, 7) is 1.48. The van der Waals surface area contributed by atoms with Gasteiger partial charge in [-0.2, -0.15) is 9.61 Å². The molecule has 2 aromatic carbocycles. The van der Waals surface area contributed by atoms with Crippen molar-refractivity contribution < 1.29 is 4.74 Å². The molecule has 3 aromatic heterocycles. The molecule has 0 saturated carbocycles. The maximum absolute atomic E-state index is 5.84. The van der Waals surface area contributed by atoms with Gasteiger partial charge in [0, 0.05) is 23.9 Å². The molecular formula is C25H24N6O. The summed E-state index contributed by atoms with van der Waals surface area (Å²) in [6, 6.07) is 22.3. The van der Waals surface area contributed by atoms with Crippen LogP contribution in [0.4, 0.5) is 0 Å². The first-order valence-electron chi connectivity index (χ1n) is 10.6. The Hall–Kier alpha value is -3.84. The van der Waals surface area contributed by atoms with Crippen LogP contribution < -0.4 is 4.74 Å². The van der Waals surface area contributed by atoms with Gasteiger partial charge in [-0.25, -0.2) is 0 Å². The molecule has 0 radical (unpaired) electrons. The van der Waals surface area contributed by atoms with Crippen LogP contribution >= 0.6 is 0 Å². The van der Waals surface area contributed by atoms with Crippen molar-refractivity contribution in [1.29, 1.82) is 0 Å². The van der Waals surface area contributed by atoms with Crippen LogP contribution in [0.15, 0.2) is 72.9 Å². The monoisotopic (exact) mass is 424 g/mol. The van der Waals surface area contributed by atoms with Crippen LogP contribution in [0.25, 0.3) is 27.8 Å². The molecule has 0 saturated heterocycles. The number of nitrogens with zero attached hydrogens (tertiary/aromatic N) is 6. The van der Waals surface area contributed by atoms with E-state index >= 15 is 0 Å². The Bertz CT molecular complexity index is 1360. The second kappa shape index (κ2) is 8.72. The van der Waals surface area contributed by atoms with Gasteiger partial charge in [0.25, 0.3) is 0 Å². The molecule has 5 aromatic rings. The molecular weight excluding hydrogens is 400 g/mol. The van der Waals surface area contributed by atoms with Crippen LogP contribution in [-0.2, 0) is 6.42 Å². The molecule has 0 spiro atoms. The third kappa shape index (κ3) is 4.29. The summed E-state index contributed by atoms with van der Waals surface area (Å²) in [4.78, 5) is 6.62. The van der Waals surface area contributed by atoms with Crippen molar-refractivity contribution in [2.24, 2.45) is 0 Å². The van der Waals surface area contributed by atoms with E-state index in [2.05, 4.69) is 32.2 Å². The largest absolute Gasteiger partial charge is 0.491 e. The zero-order valence-corrected chi connectivity index (χ0v) is 18.1. The van der Waals surface area contributed by atoms with Crippen molar-refractivity contribution in [2.45, 2.75) is 6.42 Å². The van der Waals surface area contributed by atoms with Gasteiger partial charge in [-0.3, -0.25) is 4.98 Å². The predicted molar refractivity (Wildman–Crippen MR) is 125 cm³/mol. The van der Waals surface area contributed by atoms with E-state index < -0.39 is 0 Å². The molecule has 0 aliphatic carbocycles. The number of hydrogen-bond acceptors (Lipinski definition) is 6. The summed E-state index contributed by atoms with van der Waals surface area (Å²) >= 11 is 0. The number of hydrogen-bond donors (Lipinski definition) is 0. The Morgan fingerprint density at radius 2 is 1.81 bits per heavy atom. The fourth-order valence-electron chi connectivity index (χ4n) is 3.58. The lowest BCUT2D eigenvalue weighted by Crippen LogP contribution is -2.19. The minimum atomic E-state index is 0.619. The molecule has 7 nitrogen and oxygen atoms in total. The van der Waals surface area contributed by atoms with Gasteiger partial charge in [0.05, 0.1) is 17.4 Å². The number of rotatable bonds is 7. The number of aromatic nitrogens is 5. The van der Waals surface area contributed by atoms with Gasteiger partial charge in [-0.1, -0.05) is 36.4 Å². The summed E-state index contributed by atoms with van der Waals surface area (Å²) in [6.07, 6.45) is 2.40. The van der Waals surface area contributed by atoms with Crippen LogP contribution in [0.5, 0.6) is 5.75 Å². The highest BCUT2D eigenvalue weighted by Gasteiger charge is 2.10. The number of benzene rings is 2. The molecule has 160 valence electrons. The zero-order valence-electron chi connectivity index (χ0n) is 18.1. The first-order valence-corrected chi connectivity index (χ1v) is 10.6. The van der Waals surface area contributed by atoms with Gasteiger partial charge in [0.15, 0.2) is 11.5 Å². The van der Waals surface area contributed by atoms with E-state index in [1.807, 2.05) is 73.2 Å². The van der Waals surface area contributed by atoms with Crippen molar-refractivity contribution in [3.63, 3.8) is 0 Å². The number of pyridine rings is 1. The highest BCUT2D eigenvalue weighted by molar-refractivity contribution is 5.80. The van der Waals surface area contributed by atoms with E-state index in [1.54, 1.807) is 6.20 Å². The SMILES string of the molecule is CN(C)CCOc1cnc2ccc(Cc3nnc4ccc(-c5ccccc5)nn34)cc2c1. The minimum absolute atomic E-state index is 0.619. The highest BCUT2D eigenvalue weighted by atomic mass is 16.5. The second-order valence-corrected chi connectivity index (χ2v) is 8.00. The van der Waals surface area contributed by atoms with Crippen molar-refractivity contribution in [3.05, 3.63) is 84.3 Å². The Kier molecular flexibility index (Phi) is 5.47. The van der Waals surface area contributed by atoms with Gasteiger partial charge in [-0.05, 0) is 50.0 Å². The van der Waals surface area contributed by atoms with Crippen molar-refractivity contribution in [2.75, 3.05) is 27.2 Å². The van der Waals surface area contributed by atoms with E-state index in [-0.39, 0.29) is 0 Å². The number of fused-ring (bicyclic) bond motifs is 2. The van der Waals surface area contributed by atoms with Crippen LogP contribution in [0, 0.1) is 0 Å². The van der Waals surface area contributed by atoms with Gasteiger partial charge in [-0.15, -0.1) is 10.2 Å². The fourth-order valence-corrected chi connectivity index (χ4v) is 3.58. The molecule has 0 amide bonds. The molecule has 0 bridgehead atoms. The lowest BCUT2D eigenvalue weighted by molar-refractivity contribution is 0.261. The topological polar surface area (TPSA) is 68.4 Å². The van der Waals surface area contributed by atoms with Crippen LogP contribution in [-0.4, -0.2) is 56.9 Å². The normalized spacial score (nSPS) is 11.5. The Balaban J connectivity index is 1.42. The second-order valence-electron chi connectivity index (χ2n) is 8.00. The Labute approximate surface area is 186 Å². The van der Waals surface area contributed by atoms with E-state index in [0.717, 1.165) is 51.5 Å². The molecule has 0 aliphatic heterocycles. The first kappa shape index (κ1) is 20.1. The maximum atomic E-state index is 5.84. The summed E-state index contributed by atoms with van der Waals surface area (Å²) in [5, 5.41) is 14.5. The van der Waals surface area contributed by atoms with E-state index in [9.17, 15) is 0 Å². The fraction of sp³-hybridized carbons (Fsp3) is 0.200. The van der Waals surface area contributed by atoms with Crippen molar-refractivity contribution >= 4 is 16.6 Å². The van der Waals surface area contributed by atoms with Crippen LogP contribution in [0.2, 0.25) is 0 Å². The number of likely N-dealkylation sites (N-methyl/N-ethyl adjacent to an activating group) is 1. The molecule has 0 unspecified atom stereocenters. The Morgan fingerprint density at radius 3 is 2.66 bits per heavy atom. The number of ether oxygens (including phenoxy) is 1. The molecule has 3 heterocycles. The lowest BCUT2D eigenvalue weighted by atomic mass is 10.1. The van der Waals surface area contributed by atoms with Crippen LogP contribution in [0.3, 0.4) is 0 Å². The van der Waals surface area contributed by atoms with Gasteiger partial charge >= 0.3 is 0 Å². The maximum Gasteiger partial charge on any atom is 0.177 e. The van der Waals surface area contributed by atoms with Crippen molar-refractivity contribution in [3.8, 4) is 17.0 Å². The van der Waals surface area contributed by atoms with E-state index in [1.165, 1.54) is 0 Å². The minimum Gasteiger partial charge on any atom is -0.491 e. The van der Waals surface area contributed by atoms with E-state index in [0.29, 0.717) is 13.0 Å². The van der Waals surface area contributed by atoms with Crippen LogP contribution in [0.1, 0.15) is 11.4 Å². The lowest BCUT2D eigenvalue weighted by Gasteiger charge is -2.11. The van der Waals surface area contributed by atoms with Gasteiger partial charge in [0.2, 0.25) is 0 Å².